The largest absolute Gasteiger partial charge is 0.343 e. The van der Waals surface area contributed by atoms with Gasteiger partial charge in [0.1, 0.15) is 5.82 Å². The number of nitrogens with zero attached hydrogens (tertiary/aromatic N) is 1. The van der Waals surface area contributed by atoms with Gasteiger partial charge in [-0.1, -0.05) is 60.5 Å². The Kier molecular flexibility index (Phi) is 7.77. The number of unbranched alkanes of at least 4 members (excludes halogenated alkanes) is 1. The van der Waals surface area contributed by atoms with Crippen molar-refractivity contribution in [2.75, 3.05) is 26.3 Å². The summed E-state index contributed by atoms with van der Waals surface area (Å²) in [5, 5.41) is 0. The highest BCUT2D eigenvalue weighted by atomic mass is 19.1. The van der Waals surface area contributed by atoms with E-state index in [2.05, 4.69) is 49.1 Å². The van der Waals surface area contributed by atoms with Gasteiger partial charge < -0.3 is 9.47 Å². The molecule has 1 unspecified atom stereocenters. The van der Waals surface area contributed by atoms with E-state index in [1.165, 1.54) is 24.1 Å². The predicted octanol–water partition coefficient (Wildman–Crippen LogP) is 6.24. The van der Waals surface area contributed by atoms with Gasteiger partial charge in [0.2, 0.25) is 0 Å². The van der Waals surface area contributed by atoms with Crippen LogP contribution in [0.25, 0.3) is 0 Å². The number of rotatable bonds is 9. The van der Waals surface area contributed by atoms with Crippen molar-refractivity contribution in [3.63, 3.8) is 0 Å². The van der Waals surface area contributed by atoms with Gasteiger partial charge in [-0.2, -0.15) is 0 Å². The van der Waals surface area contributed by atoms with Crippen molar-refractivity contribution in [3.05, 3.63) is 82.7 Å². The minimum Gasteiger partial charge on any atom is -0.343 e. The quantitative estimate of drug-likeness (QED) is 0.342. The highest BCUT2D eigenvalue weighted by Gasteiger charge is 2.38. The summed E-state index contributed by atoms with van der Waals surface area (Å²) >= 11 is 0. The van der Waals surface area contributed by atoms with Gasteiger partial charge in [-0.25, -0.2) is 4.39 Å². The van der Waals surface area contributed by atoms with E-state index >= 15 is 0 Å². The van der Waals surface area contributed by atoms with Crippen LogP contribution in [0.15, 0.2) is 65.7 Å². The molecular formula is C28H36FNO2. The average Bonchev–Trinajstić information content (AvgIpc) is 3.29. The van der Waals surface area contributed by atoms with Crippen molar-refractivity contribution in [2.45, 2.75) is 64.2 Å². The van der Waals surface area contributed by atoms with Crippen molar-refractivity contribution < 1.29 is 13.9 Å². The van der Waals surface area contributed by atoms with Gasteiger partial charge in [-0.3, -0.25) is 4.90 Å². The minimum absolute atomic E-state index is 0.230. The van der Waals surface area contributed by atoms with Crippen LogP contribution < -0.4 is 0 Å². The Labute approximate surface area is 192 Å². The summed E-state index contributed by atoms with van der Waals surface area (Å²) < 4.78 is 25.5. The van der Waals surface area contributed by atoms with Crippen molar-refractivity contribution in [2.24, 2.45) is 0 Å². The summed E-state index contributed by atoms with van der Waals surface area (Å²) in [5.74, 6) is -0.948. The maximum atomic E-state index is 13.4. The standard InChI is InChI=1S/C28H36FNO2/c1-3-26-22(2)15-18-30(27(26)21-23-9-5-4-6-10-23)17-8-7-16-28(31-19-20-32-28)24-11-13-25(29)14-12-24/h4-6,9-14,27H,3,7-8,15-21H2,1-2H3. The molecule has 2 heterocycles. The molecule has 0 saturated carbocycles. The van der Waals surface area contributed by atoms with Gasteiger partial charge in [-0.15, -0.1) is 0 Å². The molecule has 4 rings (SSSR count). The topological polar surface area (TPSA) is 21.7 Å². The zero-order chi connectivity index (χ0) is 22.4. The van der Waals surface area contributed by atoms with Gasteiger partial charge >= 0.3 is 0 Å². The first-order valence-electron chi connectivity index (χ1n) is 12.1. The van der Waals surface area contributed by atoms with Gasteiger partial charge in [0.25, 0.3) is 0 Å². The molecule has 0 amide bonds. The second kappa shape index (κ2) is 10.7. The van der Waals surface area contributed by atoms with Crippen LogP contribution in [0.1, 0.15) is 57.1 Å². The second-order valence-corrected chi connectivity index (χ2v) is 9.06. The first-order valence-corrected chi connectivity index (χ1v) is 12.1. The molecule has 0 N–H and O–H groups in total. The Hall–Kier alpha value is -2.01. The van der Waals surface area contributed by atoms with E-state index < -0.39 is 5.79 Å². The zero-order valence-electron chi connectivity index (χ0n) is 19.5. The summed E-state index contributed by atoms with van der Waals surface area (Å²) in [6.45, 7) is 7.99. The van der Waals surface area contributed by atoms with Crippen LogP contribution in [0.3, 0.4) is 0 Å². The van der Waals surface area contributed by atoms with Crippen LogP contribution in [0, 0.1) is 5.82 Å². The average molecular weight is 438 g/mol. The molecule has 32 heavy (non-hydrogen) atoms. The highest BCUT2D eigenvalue weighted by Crippen LogP contribution is 2.37. The van der Waals surface area contributed by atoms with E-state index in [4.69, 9.17) is 9.47 Å². The summed E-state index contributed by atoms with van der Waals surface area (Å²) in [6, 6.07) is 17.9. The molecule has 0 radical (unpaired) electrons. The zero-order valence-corrected chi connectivity index (χ0v) is 19.5. The van der Waals surface area contributed by atoms with E-state index in [0.717, 1.165) is 50.8 Å². The number of hydrogen-bond acceptors (Lipinski definition) is 3. The fourth-order valence-corrected chi connectivity index (χ4v) is 5.31. The maximum Gasteiger partial charge on any atom is 0.194 e. The Morgan fingerprint density at radius 2 is 1.72 bits per heavy atom. The Morgan fingerprint density at radius 1 is 1.00 bits per heavy atom. The predicted molar refractivity (Wildman–Crippen MR) is 127 cm³/mol. The molecule has 1 atom stereocenters. The Morgan fingerprint density at radius 3 is 2.41 bits per heavy atom. The van der Waals surface area contributed by atoms with E-state index in [0.29, 0.717) is 19.3 Å². The lowest BCUT2D eigenvalue weighted by molar-refractivity contribution is -0.171. The third kappa shape index (κ3) is 5.31. The lowest BCUT2D eigenvalue weighted by atomic mass is 9.87. The maximum absolute atomic E-state index is 13.4. The van der Waals surface area contributed by atoms with Gasteiger partial charge in [0, 0.05) is 24.6 Å². The number of ether oxygens (including phenoxy) is 2. The minimum atomic E-state index is -0.718. The molecule has 0 aliphatic carbocycles. The van der Waals surface area contributed by atoms with Crippen LogP contribution in [-0.2, 0) is 21.7 Å². The molecule has 172 valence electrons. The van der Waals surface area contributed by atoms with E-state index in [-0.39, 0.29) is 5.82 Å². The van der Waals surface area contributed by atoms with Crippen LogP contribution in [0.4, 0.5) is 4.39 Å². The van der Waals surface area contributed by atoms with Crippen LogP contribution in [0.2, 0.25) is 0 Å². The van der Waals surface area contributed by atoms with Gasteiger partial charge in [0.05, 0.1) is 13.2 Å². The lowest BCUT2D eigenvalue weighted by Crippen LogP contribution is -2.43. The van der Waals surface area contributed by atoms with E-state index in [9.17, 15) is 4.39 Å². The first kappa shape index (κ1) is 23.2. The molecule has 4 heteroatoms. The van der Waals surface area contributed by atoms with Crippen molar-refractivity contribution in [3.8, 4) is 0 Å². The SMILES string of the molecule is CCC1=C(C)CCN(CCCCC2(c3ccc(F)cc3)OCCO2)C1Cc1ccccc1. The van der Waals surface area contributed by atoms with Gasteiger partial charge in [-0.05, 0) is 63.3 Å². The van der Waals surface area contributed by atoms with E-state index in [1.807, 2.05) is 0 Å². The molecule has 1 saturated heterocycles. The van der Waals surface area contributed by atoms with Crippen LogP contribution in [-0.4, -0.2) is 37.2 Å². The molecule has 3 nitrogen and oxygen atoms in total. The third-order valence-corrected chi connectivity index (χ3v) is 7.06. The van der Waals surface area contributed by atoms with Crippen molar-refractivity contribution >= 4 is 0 Å². The van der Waals surface area contributed by atoms with E-state index in [1.54, 1.807) is 23.3 Å². The summed E-state index contributed by atoms with van der Waals surface area (Å²) in [7, 11) is 0. The molecule has 1 fully saturated rings. The molecule has 0 bridgehead atoms. The molecule has 2 aliphatic rings. The Balaban J connectivity index is 1.39. The van der Waals surface area contributed by atoms with Crippen LogP contribution in [0.5, 0.6) is 0 Å². The molecule has 0 spiro atoms. The third-order valence-electron chi connectivity index (χ3n) is 7.06. The lowest BCUT2D eigenvalue weighted by Gasteiger charge is -2.39. The fraction of sp³-hybridized carbons (Fsp3) is 0.500. The first-order chi connectivity index (χ1) is 15.6. The monoisotopic (exact) mass is 437 g/mol. The van der Waals surface area contributed by atoms with Crippen molar-refractivity contribution in [1.82, 2.24) is 4.90 Å². The summed E-state index contributed by atoms with van der Waals surface area (Å²) in [4.78, 5) is 2.68. The fourth-order valence-electron chi connectivity index (χ4n) is 5.31. The molecule has 2 aliphatic heterocycles. The highest BCUT2D eigenvalue weighted by molar-refractivity contribution is 5.27. The smallest absolute Gasteiger partial charge is 0.194 e. The normalized spacial score (nSPS) is 21.3. The second-order valence-electron chi connectivity index (χ2n) is 9.06. The molecule has 2 aromatic carbocycles. The molecule has 0 aromatic heterocycles. The number of hydrogen-bond donors (Lipinski definition) is 0. The molecular weight excluding hydrogens is 401 g/mol. The van der Waals surface area contributed by atoms with Crippen LogP contribution >= 0.6 is 0 Å². The van der Waals surface area contributed by atoms with Gasteiger partial charge in [0.15, 0.2) is 5.79 Å². The van der Waals surface area contributed by atoms with Crippen molar-refractivity contribution in [1.29, 1.82) is 0 Å². The number of halogens is 1. The Bertz CT molecular complexity index is 887. The summed E-state index contributed by atoms with van der Waals surface area (Å²) in [6.07, 6.45) is 6.26. The molecule has 2 aromatic rings. The number of benzene rings is 2. The summed E-state index contributed by atoms with van der Waals surface area (Å²) in [5.41, 5.74) is 5.52.